The molecule has 0 aliphatic carbocycles. The van der Waals surface area contributed by atoms with Crippen molar-refractivity contribution in [1.29, 1.82) is 0 Å². The summed E-state index contributed by atoms with van der Waals surface area (Å²) < 4.78 is 1.75. The van der Waals surface area contributed by atoms with Crippen LogP contribution in [0, 0.1) is 0 Å². The molecule has 0 amide bonds. The summed E-state index contributed by atoms with van der Waals surface area (Å²) in [4.78, 5) is 14.8. The second-order valence-electron chi connectivity index (χ2n) is 4.48. The molecule has 1 heterocycles. The Balaban J connectivity index is 1.93. The summed E-state index contributed by atoms with van der Waals surface area (Å²) in [6.45, 7) is 0.657. The maximum absolute atomic E-state index is 11.9. The quantitative estimate of drug-likeness (QED) is 0.781. The average Bonchev–Trinajstić information content (AvgIpc) is 2.72. The Morgan fingerprint density at radius 1 is 1.11 bits per heavy atom. The van der Waals surface area contributed by atoms with E-state index in [1.54, 1.807) is 16.7 Å². The topological polar surface area (TPSA) is 37.8 Å². The third-order valence-corrected chi connectivity index (χ3v) is 3.44. The molecule has 0 aliphatic heterocycles. The predicted octanol–water partition coefficient (Wildman–Crippen LogP) is 3.23. The number of aromatic nitrogens is 2. The zero-order valence-electron chi connectivity index (χ0n) is 10.3. The Morgan fingerprint density at radius 2 is 1.89 bits per heavy atom. The molecule has 0 atom stereocenters. The first-order chi connectivity index (χ1) is 9.24. The van der Waals surface area contributed by atoms with Crippen molar-refractivity contribution in [3.05, 3.63) is 69.6 Å². The van der Waals surface area contributed by atoms with Gasteiger partial charge < -0.3 is 4.98 Å². The lowest BCUT2D eigenvalue weighted by atomic mass is 10.1. The van der Waals surface area contributed by atoms with Gasteiger partial charge in [0.1, 0.15) is 0 Å². The smallest absolute Gasteiger partial charge is 0.305 e. The van der Waals surface area contributed by atoms with Crippen molar-refractivity contribution in [2.45, 2.75) is 13.0 Å². The van der Waals surface area contributed by atoms with Gasteiger partial charge in [-0.15, -0.1) is 0 Å². The van der Waals surface area contributed by atoms with Gasteiger partial charge in [-0.2, -0.15) is 0 Å². The van der Waals surface area contributed by atoms with Crippen LogP contribution in [0.15, 0.2) is 53.3 Å². The van der Waals surface area contributed by atoms with Crippen molar-refractivity contribution < 1.29 is 0 Å². The molecule has 0 saturated carbocycles. The lowest BCUT2D eigenvalue weighted by Gasteiger charge is -2.03. The minimum atomic E-state index is -0.0896. The van der Waals surface area contributed by atoms with E-state index in [9.17, 15) is 4.79 Å². The molecule has 0 saturated heterocycles. The maximum atomic E-state index is 11.9. The van der Waals surface area contributed by atoms with Gasteiger partial charge in [0, 0.05) is 11.6 Å². The van der Waals surface area contributed by atoms with Gasteiger partial charge in [-0.25, -0.2) is 4.79 Å². The van der Waals surface area contributed by atoms with Crippen molar-refractivity contribution in [2.75, 3.05) is 0 Å². The molecule has 0 unspecified atom stereocenters. The van der Waals surface area contributed by atoms with Crippen molar-refractivity contribution >= 4 is 22.6 Å². The van der Waals surface area contributed by atoms with E-state index in [4.69, 9.17) is 11.6 Å². The molecule has 3 aromatic rings. The van der Waals surface area contributed by atoms with Crippen molar-refractivity contribution in [1.82, 2.24) is 9.55 Å². The molecule has 19 heavy (non-hydrogen) atoms. The highest BCUT2D eigenvalue weighted by molar-refractivity contribution is 6.31. The minimum Gasteiger partial charge on any atom is -0.305 e. The highest BCUT2D eigenvalue weighted by Crippen LogP contribution is 2.16. The van der Waals surface area contributed by atoms with E-state index in [0.717, 1.165) is 17.5 Å². The summed E-state index contributed by atoms with van der Waals surface area (Å²) in [5, 5.41) is 0.629. The zero-order chi connectivity index (χ0) is 13.2. The fourth-order valence-corrected chi connectivity index (χ4v) is 2.42. The van der Waals surface area contributed by atoms with Gasteiger partial charge in [0.05, 0.1) is 11.0 Å². The van der Waals surface area contributed by atoms with Gasteiger partial charge >= 0.3 is 5.69 Å². The molecule has 3 nitrogen and oxygen atoms in total. The Morgan fingerprint density at radius 3 is 2.68 bits per heavy atom. The van der Waals surface area contributed by atoms with E-state index in [1.165, 1.54) is 5.56 Å². The molecule has 2 aromatic carbocycles. The van der Waals surface area contributed by atoms with Gasteiger partial charge in [-0.05, 0) is 30.2 Å². The number of hydrogen-bond acceptors (Lipinski definition) is 1. The van der Waals surface area contributed by atoms with E-state index >= 15 is 0 Å². The number of H-pyrrole nitrogens is 1. The van der Waals surface area contributed by atoms with Crippen LogP contribution in [0.2, 0.25) is 5.02 Å². The first-order valence-electron chi connectivity index (χ1n) is 6.16. The summed E-state index contributed by atoms with van der Waals surface area (Å²) in [5.74, 6) is 0. The molecular formula is C15H13ClN2O. The number of rotatable bonds is 3. The third-order valence-electron chi connectivity index (χ3n) is 3.20. The minimum absolute atomic E-state index is 0.0896. The second-order valence-corrected chi connectivity index (χ2v) is 4.92. The molecule has 4 heteroatoms. The normalized spacial score (nSPS) is 11.0. The second kappa shape index (κ2) is 4.94. The Bertz CT molecular complexity index is 759. The van der Waals surface area contributed by atoms with Crippen LogP contribution in [-0.2, 0) is 13.0 Å². The molecule has 96 valence electrons. The van der Waals surface area contributed by atoms with Gasteiger partial charge in [0.15, 0.2) is 0 Å². The van der Waals surface area contributed by atoms with Crippen molar-refractivity contribution in [3.8, 4) is 0 Å². The van der Waals surface area contributed by atoms with E-state index in [1.807, 2.05) is 24.3 Å². The average molecular weight is 273 g/mol. The number of fused-ring (bicyclic) bond motifs is 1. The number of aromatic amines is 1. The number of aryl methyl sites for hydroxylation is 2. The Labute approximate surface area is 115 Å². The fourth-order valence-electron chi connectivity index (χ4n) is 2.24. The number of imidazole rings is 1. The van der Waals surface area contributed by atoms with Gasteiger partial charge in [-0.1, -0.05) is 41.9 Å². The summed E-state index contributed by atoms with van der Waals surface area (Å²) >= 11 is 5.92. The highest BCUT2D eigenvalue weighted by Gasteiger charge is 2.06. The Kier molecular flexibility index (Phi) is 3.13. The molecule has 3 rings (SSSR count). The van der Waals surface area contributed by atoms with Gasteiger partial charge in [0.2, 0.25) is 0 Å². The van der Waals surface area contributed by atoms with Crippen LogP contribution < -0.4 is 5.69 Å². The molecule has 0 fully saturated rings. The number of halogens is 1. The monoisotopic (exact) mass is 272 g/mol. The van der Waals surface area contributed by atoms with Gasteiger partial charge in [0.25, 0.3) is 0 Å². The molecule has 0 aliphatic rings. The molecule has 0 radical (unpaired) electrons. The summed E-state index contributed by atoms with van der Waals surface area (Å²) in [5.41, 5.74) is 2.81. The molecular weight excluding hydrogens is 260 g/mol. The van der Waals surface area contributed by atoms with Crippen molar-refractivity contribution in [2.24, 2.45) is 0 Å². The maximum Gasteiger partial charge on any atom is 0.326 e. The SMILES string of the molecule is O=c1[nH]c2cc(Cl)ccc2n1CCc1ccccc1. The molecule has 0 bridgehead atoms. The standard InChI is InChI=1S/C15H13ClN2O/c16-12-6-7-14-13(10-12)17-15(19)18(14)9-8-11-4-2-1-3-5-11/h1-7,10H,8-9H2,(H,17,19). The lowest BCUT2D eigenvalue weighted by Crippen LogP contribution is -2.17. The number of benzene rings is 2. The van der Waals surface area contributed by atoms with Crippen LogP contribution in [0.1, 0.15) is 5.56 Å². The number of nitrogens with one attached hydrogen (secondary N) is 1. The van der Waals surface area contributed by atoms with E-state index in [0.29, 0.717) is 11.6 Å². The largest absolute Gasteiger partial charge is 0.326 e. The third kappa shape index (κ3) is 2.42. The zero-order valence-corrected chi connectivity index (χ0v) is 11.0. The van der Waals surface area contributed by atoms with Crippen molar-refractivity contribution in [3.63, 3.8) is 0 Å². The lowest BCUT2D eigenvalue weighted by molar-refractivity contribution is 0.691. The summed E-state index contributed by atoms with van der Waals surface area (Å²) in [6.07, 6.45) is 0.830. The van der Waals surface area contributed by atoms with Crippen LogP contribution in [0.5, 0.6) is 0 Å². The Hall–Kier alpha value is -2.00. The fraction of sp³-hybridized carbons (Fsp3) is 0.133. The molecule has 1 aromatic heterocycles. The highest BCUT2D eigenvalue weighted by atomic mass is 35.5. The van der Waals surface area contributed by atoms with E-state index in [2.05, 4.69) is 17.1 Å². The van der Waals surface area contributed by atoms with Crippen LogP contribution >= 0.6 is 11.6 Å². The number of hydrogen-bond donors (Lipinski definition) is 1. The number of nitrogens with zero attached hydrogens (tertiary/aromatic N) is 1. The molecule has 1 N–H and O–H groups in total. The summed E-state index contributed by atoms with van der Waals surface area (Å²) in [7, 11) is 0. The van der Waals surface area contributed by atoms with E-state index in [-0.39, 0.29) is 5.69 Å². The molecule has 0 spiro atoms. The predicted molar refractivity (Wildman–Crippen MR) is 77.7 cm³/mol. The van der Waals surface area contributed by atoms with E-state index < -0.39 is 0 Å². The van der Waals surface area contributed by atoms with Gasteiger partial charge in [-0.3, -0.25) is 4.57 Å². The van der Waals surface area contributed by atoms with Crippen LogP contribution in [0.25, 0.3) is 11.0 Å². The van der Waals surface area contributed by atoms with Crippen LogP contribution in [0.3, 0.4) is 0 Å². The van der Waals surface area contributed by atoms with Crippen LogP contribution in [0.4, 0.5) is 0 Å². The summed E-state index contributed by atoms with van der Waals surface area (Å²) in [6, 6.07) is 15.6. The first-order valence-corrected chi connectivity index (χ1v) is 6.54. The van der Waals surface area contributed by atoms with Crippen LogP contribution in [-0.4, -0.2) is 9.55 Å². The first kappa shape index (κ1) is 12.1.